The molecule has 0 atom stereocenters. The second kappa shape index (κ2) is 7.64. The molecule has 4 nitrogen and oxygen atoms in total. The molecule has 0 aliphatic rings. The topological polar surface area (TPSA) is 39.7 Å². The summed E-state index contributed by atoms with van der Waals surface area (Å²) in [7, 11) is 3.22. The molecule has 0 spiro atoms. The number of nitrogens with one attached hydrogen (secondary N) is 1. The zero-order valence-corrected chi connectivity index (χ0v) is 12.8. The smallest absolute Gasteiger partial charge is 0.126 e. The lowest BCUT2D eigenvalue weighted by Crippen LogP contribution is -2.11. The summed E-state index contributed by atoms with van der Waals surface area (Å²) < 4.78 is 16.1. The molecular weight excluding hydrogens is 290 g/mol. The van der Waals surface area contributed by atoms with Crippen molar-refractivity contribution in [2.24, 2.45) is 0 Å². The van der Waals surface area contributed by atoms with Crippen molar-refractivity contribution in [2.75, 3.05) is 32.7 Å². The van der Waals surface area contributed by atoms with Crippen LogP contribution >= 0.6 is 11.6 Å². The van der Waals surface area contributed by atoms with E-state index in [0.29, 0.717) is 35.4 Å². The summed E-state index contributed by atoms with van der Waals surface area (Å²) in [5.74, 6) is 2.11. The van der Waals surface area contributed by atoms with E-state index in [1.807, 2.05) is 36.4 Å². The van der Waals surface area contributed by atoms with Gasteiger partial charge in [0.05, 0.1) is 14.2 Å². The van der Waals surface area contributed by atoms with Crippen LogP contribution < -0.4 is 19.5 Å². The van der Waals surface area contributed by atoms with Gasteiger partial charge < -0.3 is 19.5 Å². The van der Waals surface area contributed by atoms with Crippen LogP contribution in [0.1, 0.15) is 0 Å². The van der Waals surface area contributed by atoms with Gasteiger partial charge in [-0.1, -0.05) is 17.7 Å². The van der Waals surface area contributed by atoms with Crippen molar-refractivity contribution in [3.05, 3.63) is 47.5 Å². The van der Waals surface area contributed by atoms with E-state index >= 15 is 0 Å². The molecule has 112 valence electrons. The molecule has 5 heteroatoms. The van der Waals surface area contributed by atoms with Crippen molar-refractivity contribution in [3.63, 3.8) is 0 Å². The molecule has 0 saturated heterocycles. The molecule has 1 N–H and O–H groups in total. The van der Waals surface area contributed by atoms with Gasteiger partial charge in [0.1, 0.15) is 23.9 Å². The monoisotopic (exact) mass is 307 g/mol. The summed E-state index contributed by atoms with van der Waals surface area (Å²) >= 11 is 5.92. The van der Waals surface area contributed by atoms with Crippen molar-refractivity contribution >= 4 is 17.3 Å². The van der Waals surface area contributed by atoms with E-state index in [-0.39, 0.29) is 0 Å². The van der Waals surface area contributed by atoms with E-state index < -0.39 is 0 Å². The van der Waals surface area contributed by atoms with Crippen molar-refractivity contribution in [1.82, 2.24) is 0 Å². The molecule has 0 aliphatic heterocycles. The molecule has 0 unspecified atom stereocenters. The maximum Gasteiger partial charge on any atom is 0.126 e. The number of hydrogen-bond acceptors (Lipinski definition) is 4. The maximum atomic E-state index is 5.92. The fraction of sp³-hybridized carbons (Fsp3) is 0.250. The van der Waals surface area contributed by atoms with Gasteiger partial charge in [-0.3, -0.25) is 0 Å². The Morgan fingerprint density at radius 3 is 2.24 bits per heavy atom. The van der Waals surface area contributed by atoms with Gasteiger partial charge in [-0.25, -0.2) is 0 Å². The number of ether oxygens (including phenoxy) is 3. The second-order valence-corrected chi connectivity index (χ2v) is 4.77. The largest absolute Gasteiger partial charge is 0.496 e. The number of benzene rings is 2. The molecule has 0 heterocycles. The van der Waals surface area contributed by atoms with Gasteiger partial charge in [0.2, 0.25) is 0 Å². The third-order valence-corrected chi connectivity index (χ3v) is 3.08. The minimum atomic E-state index is 0.517. The summed E-state index contributed by atoms with van der Waals surface area (Å²) in [4.78, 5) is 0. The normalized spacial score (nSPS) is 10.0. The van der Waals surface area contributed by atoms with Crippen molar-refractivity contribution in [2.45, 2.75) is 0 Å². The Hall–Kier alpha value is -2.07. The lowest BCUT2D eigenvalue weighted by molar-refractivity contribution is 0.324. The molecule has 0 aliphatic carbocycles. The van der Waals surface area contributed by atoms with Gasteiger partial charge in [-0.15, -0.1) is 0 Å². The first-order valence-electron chi connectivity index (χ1n) is 6.56. The van der Waals surface area contributed by atoms with Crippen LogP contribution in [0.2, 0.25) is 5.02 Å². The third kappa shape index (κ3) is 4.76. The highest BCUT2D eigenvalue weighted by molar-refractivity contribution is 6.30. The molecule has 0 bridgehead atoms. The first kappa shape index (κ1) is 15.3. The summed E-state index contributed by atoms with van der Waals surface area (Å²) in [5.41, 5.74) is 0.967. The average Bonchev–Trinajstić information content (AvgIpc) is 2.51. The van der Waals surface area contributed by atoms with Gasteiger partial charge >= 0.3 is 0 Å². The minimum absolute atomic E-state index is 0.517. The summed E-state index contributed by atoms with van der Waals surface area (Å²) in [6.07, 6.45) is 0. The van der Waals surface area contributed by atoms with Crippen LogP contribution in [0.5, 0.6) is 17.2 Å². The van der Waals surface area contributed by atoms with Gasteiger partial charge in [0.25, 0.3) is 0 Å². The molecule has 2 rings (SSSR count). The Labute approximate surface area is 129 Å². The number of halogens is 1. The highest BCUT2D eigenvalue weighted by Gasteiger charge is 2.02. The Morgan fingerprint density at radius 2 is 1.62 bits per heavy atom. The first-order chi connectivity index (χ1) is 10.2. The minimum Gasteiger partial charge on any atom is -0.496 e. The van der Waals surface area contributed by atoms with E-state index in [1.54, 1.807) is 20.3 Å². The Morgan fingerprint density at radius 1 is 0.952 bits per heavy atom. The van der Waals surface area contributed by atoms with E-state index in [1.165, 1.54) is 0 Å². The molecule has 0 amide bonds. The van der Waals surface area contributed by atoms with E-state index in [0.717, 1.165) is 5.69 Å². The van der Waals surface area contributed by atoms with Crippen LogP contribution in [-0.2, 0) is 0 Å². The average molecular weight is 308 g/mol. The number of anilines is 1. The van der Waals surface area contributed by atoms with E-state index in [4.69, 9.17) is 25.8 Å². The van der Waals surface area contributed by atoms with Gasteiger partial charge in [0, 0.05) is 35.5 Å². The Bertz CT molecular complexity index is 567. The fourth-order valence-electron chi connectivity index (χ4n) is 1.83. The second-order valence-electron chi connectivity index (χ2n) is 4.33. The zero-order valence-electron chi connectivity index (χ0n) is 12.1. The van der Waals surface area contributed by atoms with Crippen LogP contribution in [-0.4, -0.2) is 27.4 Å². The molecule has 0 saturated carbocycles. The Balaban J connectivity index is 1.85. The van der Waals surface area contributed by atoms with Crippen molar-refractivity contribution in [1.29, 1.82) is 0 Å². The first-order valence-corrected chi connectivity index (χ1v) is 6.94. The maximum absolute atomic E-state index is 5.92. The quantitative estimate of drug-likeness (QED) is 0.789. The van der Waals surface area contributed by atoms with Gasteiger partial charge in [0.15, 0.2) is 0 Å². The zero-order chi connectivity index (χ0) is 15.1. The SMILES string of the molecule is COc1cc(OC)cc(OCCNc2cccc(Cl)c2)c1. The van der Waals surface area contributed by atoms with Crippen LogP contribution in [0, 0.1) is 0 Å². The third-order valence-electron chi connectivity index (χ3n) is 2.85. The predicted molar refractivity (Wildman–Crippen MR) is 85.0 cm³/mol. The lowest BCUT2D eigenvalue weighted by atomic mass is 10.3. The summed E-state index contributed by atoms with van der Waals surface area (Å²) in [5, 5.41) is 3.95. The standard InChI is InChI=1S/C16H18ClNO3/c1-19-14-9-15(20-2)11-16(10-14)21-7-6-18-13-5-3-4-12(17)8-13/h3-5,8-11,18H,6-7H2,1-2H3. The van der Waals surface area contributed by atoms with Gasteiger partial charge in [-0.2, -0.15) is 0 Å². The fourth-order valence-corrected chi connectivity index (χ4v) is 2.02. The highest BCUT2D eigenvalue weighted by Crippen LogP contribution is 2.27. The molecule has 0 radical (unpaired) electrons. The molecule has 0 fully saturated rings. The molecule has 0 aromatic heterocycles. The molecular formula is C16H18ClNO3. The van der Waals surface area contributed by atoms with Crippen LogP contribution in [0.4, 0.5) is 5.69 Å². The Kier molecular flexibility index (Phi) is 5.58. The van der Waals surface area contributed by atoms with Crippen LogP contribution in [0.3, 0.4) is 0 Å². The van der Waals surface area contributed by atoms with Crippen LogP contribution in [0.25, 0.3) is 0 Å². The van der Waals surface area contributed by atoms with Crippen molar-refractivity contribution in [3.8, 4) is 17.2 Å². The van der Waals surface area contributed by atoms with Crippen LogP contribution in [0.15, 0.2) is 42.5 Å². The predicted octanol–water partition coefficient (Wildman–Crippen LogP) is 3.85. The number of hydrogen-bond donors (Lipinski definition) is 1. The van der Waals surface area contributed by atoms with Gasteiger partial charge in [-0.05, 0) is 18.2 Å². The molecule has 2 aromatic carbocycles. The summed E-state index contributed by atoms with van der Waals surface area (Å²) in [6.45, 7) is 1.18. The van der Waals surface area contributed by atoms with Crippen molar-refractivity contribution < 1.29 is 14.2 Å². The molecule has 2 aromatic rings. The summed E-state index contributed by atoms with van der Waals surface area (Å²) in [6, 6.07) is 13.0. The van der Waals surface area contributed by atoms with E-state index in [2.05, 4.69) is 5.32 Å². The number of methoxy groups -OCH3 is 2. The molecule has 21 heavy (non-hydrogen) atoms. The lowest BCUT2D eigenvalue weighted by Gasteiger charge is -2.11. The number of rotatable bonds is 7. The highest BCUT2D eigenvalue weighted by atomic mass is 35.5. The van der Waals surface area contributed by atoms with E-state index in [9.17, 15) is 0 Å².